The summed E-state index contributed by atoms with van der Waals surface area (Å²) in [6.07, 6.45) is -4.62. The molecular formula is C9H9ClF5N. The summed E-state index contributed by atoms with van der Waals surface area (Å²) in [7, 11) is 0. The number of alkyl halides is 5. The van der Waals surface area contributed by atoms with Gasteiger partial charge in [-0.15, -0.1) is 12.4 Å². The molecule has 1 aromatic carbocycles. The largest absolute Gasteiger partial charge is 0.416 e. The molecule has 0 saturated carbocycles. The Morgan fingerprint density at radius 2 is 1.50 bits per heavy atom. The van der Waals surface area contributed by atoms with Gasteiger partial charge in [-0.1, -0.05) is 12.1 Å². The van der Waals surface area contributed by atoms with E-state index in [9.17, 15) is 22.0 Å². The van der Waals surface area contributed by atoms with E-state index >= 15 is 0 Å². The second-order valence-corrected chi connectivity index (χ2v) is 2.99. The first kappa shape index (κ1) is 15.1. The van der Waals surface area contributed by atoms with Crippen LogP contribution < -0.4 is 5.73 Å². The quantitative estimate of drug-likeness (QED) is 0.813. The molecule has 7 heteroatoms. The smallest absolute Gasteiger partial charge is 0.325 e. The van der Waals surface area contributed by atoms with Gasteiger partial charge >= 0.3 is 6.18 Å². The molecule has 16 heavy (non-hydrogen) atoms. The van der Waals surface area contributed by atoms with Crippen LogP contribution in [0.3, 0.4) is 0 Å². The molecule has 0 saturated heterocycles. The van der Waals surface area contributed by atoms with Crippen LogP contribution in [0, 0.1) is 0 Å². The van der Waals surface area contributed by atoms with Crippen LogP contribution in [-0.4, -0.2) is 6.54 Å². The van der Waals surface area contributed by atoms with Crippen molar-refractivity contribution in [2.24, 2.45) is 5.73 Å². The maximum absolute atomic E-state index is 13.0. The molecule has 1 nitrogen and oxygen atoms in total. The minimum Gasteiger partial charge on any atom is -0.325 e. The van der Waals surface area contributed by atoms with Crippen molar-refractivity contribution < 1.29 is 22.0 Å². The normalized spacial score (nSPS) is 12.1. The zero-order valence-electron chi connectivity index (χ0n) is 7.89. The average Bonchev–Trinajstić information content (AvgIpc) is 2.17. The van der Waals surface area contributed by atoms with Crippen LogP contribution in [0.1, 0.15) is 11.1 Å². The van der Waals surface area contributed by atoms with Crippen molar-refractivity contribution in [1.82, 2.24) is 0 Å². The van der Waals surface area contributed by atoms with Crippen LogP contribution >= 0.6 is 12.4 Å². The second kappa shape index (κ2) is 4.97. The molecule has 1 aromatic rings. The predicted octanol–water partition coefficient (Wildman–Crippen LogP) is 3.18. The summed E-state index contributed by atoms with van der Waals surface area (Å²) in [5.74, 6) is -3.43. The maximum Gasteiger partial charge on any atom is 0.416 e. The average molecular weight is 262 g/mol. The minimum absolute atomic E-state index is 0. The zero-order chi connectivity index (χ0) is 11.7. The first-order valence-corrected chi connectivity index (χ1v) is 4.03. The highest BCUT2D eigenvalue weighted by Gasteiger charge is 2.35. The highest BCUT2D eigenvalue weighted by molar-refractivity contribution is 5.85. The number of rotatable bonds is 2. The van der Waals surface area contributed by atoms with Crippen LogP contribution in [0.2, 0.25) is 0 Å². The molecule has 0 aliphatic heterocycles. The topological polar surface area (TPSA) is 26.0 Å². The Balaban J connectivity index is 0.00000225. The third-order valence-corrected chi connectivity index (χ3v) is 1.87. The van der Waals surface area contributed by atoms with Crippen LogP contribution in [0.5, 0.6) is 0 Å². The predicted molar refractivity (Wildman–Crippen MR) is 51.6 cm³/mol. The molecule has 0 bridgehead atoms. The van der Waals surface area contributed by atoms with E-state index in [-0.39, 0.29) is 12.4 Å². The van der Waals surface area contributed by atoms with Gasteiger partial charge in [0, 0.05) is 5.56 Å². The monoisotopic (exact) mass is 261 g/mol. The van der Waals surface area contributed by atoms with Crippen molar-refractivity contribution in [3.63, 3.8) is 0 Å². The van der Waals surface area contributed by atoms with E-state index in [1.165, 1.54) is 0 Å². The fourth-order valence-electron chi connectivity index (χ4n) is 1.04. The summed E-state index contributed by atoms with van der Waals surface area (Å²) in [6.45, 7) is -1.02. The van der Waals surface area contributed by atoms with Gasteiger partial charge in [-0.25, -0.2) is 0 Å². The Morgan fingerprint density at radius 3 is 1.94 bits per heavy atom. The maximum atomic E-state index is 13.0. The molecular weight excluding hydrogens is 253 g/mol. The minimum atomic E-state index is -4.62. The first-order chi connectivity index (χ1) is 6.77. The fraction of sp³-hybridized carbons (Fsp3) is 0.333. The number of nitrogens with two attached hydrogens (primary N) is 1. The van der Waals surface area contributed by atoms with Gasteiger partial charge in [0.2, 0.25) is 0 Å². The van der Waals surface area contributed by atoms with Crippen molar-refractivity contribution in [2.75, 3.05) is 6.54 Å². The number of halogens is 6. The second-order valence-electron chi connectivity index (χ2n) is 2.99. The van der Waals surface area contributed by atoms with E-state index in [1.807, 2.05) is 0 Å². The summed E-state index contributed by atoms with van der Waals surface area (Å²) in [5.41, 5.74) is 2.94. The van der Waals surface area contributed by atoms with Crippen molar-refractivity contribution in [2.45, 2.75) is 12.1 Å². The lowest BCUT2D eigenvalue weighted by Gasteiger charge is -2.15. The zero-order valence-corrected chi connectivity index (χ0v) is 8.71. The Bertz CT molecular complexity index is 350. The highest BCUT2D eigenvalue weighted by atomic mass is 35.5. The van der Waals surface area contributed by atoms with E-state index in [2.05, 4.69) is 0 Å². The lowest BCUT2D eigenvalue weighted by atomic mass is 10.1. The molecule has 2 N–H and O–H groups in total. The summed E-state index contributed by atoms with van der Waals surface area (Å²) < 4.78 is 62.5. The molecule has 0 heterocycles. The molecule has 0 aliphatic carbocycles. The number of benzene rings is 1. The summed E-state index contributed by atoms with van der Waals surface area (Å²) in [5, 5.41) is 0. The van der Waals surface area contributed by atoms with Crippen LogP contribution in [0.4, 0.5) is 22.0 Å². The van der Waals surface area contributed by atoms with E-state index in [0.717, 1.165) is 18.2 Å². The Morgan fingerprint density at radius 1 is 1.00 bits per heavy atom. The molecule has 1 rings (SSSR count). The van der Waals surface area contributed by atoms with E-state index in [1.54, 1.807) is 0 Å². The molecule has 92 valence electrons. The standard InChI is InChI=1S/C9H8F5N.ClH/c10-8(11,5-15)6-2-1-3-7(4-6)9(12,13)14;/h1-4H,5,15H2;1H. The number of hydrogen-bond acceptors (Lipinski definition) is 1. The molecule has 0 aromatic heterocycles. The lowest BCUT2D eigenvalue weighted by Crippen LogP contribution is -2.25. The van der Waals surface area contributed by atoms with Crippen molar-refractivity contribution >= 4 is 12.4 Å². The van der Waals surface area contributed by atoms with Gasteiger partial charge < -0.3 is 5.73 Å². The Labute approximate surface area is 94.8 Å². The highest BCUT2D eigenvalue weighted by Crippen LogP contribution is 2.33. The van der Waals surface area contributed by atoms with Gasteiger partial charge in [-0.3, -0.25) is 0 Å². The summed E-state index contributed by atoms with van der Waals surface area (Å²) >= 11 is 0. The summed E-state index contributed by atoms with van der Waals surface area (Å²) in [4.78, 5) is 0. The van der Waals surface area contributed by atoms with Crippen LogP contribution in [0.15, 0.2) is 24.3 Å². The first-order valence-electron chi connectivity index (χ1n) is 4.03. The van der Waals surface area contributed by atoms with Crippen molar-refractivity contribution in [1.29, 1.82) is 0 Å². The molecule has 0 atom stereocenters. The Hall–Kier alpha value is -0.880. The van der Waals surface area contributed by atoms with Gasteiger partial charge in [0.05, 0.1) is 12.1 Å². The van der Waals surface area contributed by atoms with E-state index < -0.39 is 29.8 Å². The van der Waals surface area contributed by atoms with Crippen LogP contribution in [0.25, 0.3) is 0 Å². The van der Waals surface area contributed by atoms with E-state index in [4.69, 9.17) is 5.73 Å². The summed E-state index contributed by atoms with van der Waals surface area (Å²) in [6, 6.07) is 2.99. The van der Waals surface area contributed by atoms with Gasteiger partial charge in [-0.2, -0.15) is 22.0 Å². The Kier molecular flexibility index (Phi) is 4.69. The molecule has 0 unspecified atom stereocenters. The van der Waals surface area contributed by atoms with Gasteiger partial charge in [0.1, 0.15) is 0 Å². The van der Waals surface area contributed by atoms with Gasteiger partial charge in [-0.05, 0) is 12.1 Å². The lowest BCUT2D eigenvalue weighted by molar-refractivity contribution is -0.137. The van der Waals surface area contributed by atoms with Gasteiger partial charge in [0.15, 0.2) is 0 Å². The van der Waals surface area contributed by atoms with Crippen molar-refractivity contribution in [3.05, 3.63) is 35.4 Å². The SMILES string of the molecule is Cl.NCC(F)(F)c1cccc(C(F)(F)F)c1. The molecule has 0 aliphatic rings. The third-order valence-electron chi connectivity index (χ3n) is 1.87. The van der Waals surface area contributed by atoms with Crippen LogP contribution in [-0.2, 0) is 12.1 Å². The molecule has 0 spiro atoms. The van der Waals surface area contributed by atoms with E-state index in [0.29, 0.717) is 6.07 Å². The molecule has 0 radical (unpaired) electrons. The molecule has 0 amide bonds. The van der Waals surface area contributed by atoms with Crippen molar-refractivity contribution in [3.8, 4) is 0 Å². The third kappa shape index (κ3) is 3.31. The van der Waals surface area contributed by atoms with Gasteiger partial charge in [0.25, 0.3) is 5.92 Å². The number of hydrogen-bond donors (Lipinski definition) is 1. The fourth-order valence-corrected chi connectivity index (χ4v) is 1.04. The molecule has 0 fully saturated rings.